The van der Waals surface area contributed by atoms with Crippen LogP contribution in [-0.2, 0) is 9.53 Å². The second-order valence-corrected chi connectivity index (χ2v) is 6.60. The number of hydrogen-bond donors (Lipinski definition) is 0. The number of Topliss-reactive ketones (excluding diaryl/α,β-unsaturated/α-hetero) is 1. The number of esters is 1. The maximum Gasteiger partial charge on any atom is 0.355 e. The lowest BCUT2D eigenvalue weighted by atomic mass is 9.97. The first kappa shape index (κ1) is 18.6. The molecule has 0 unspecified atom stereocenters. The largest absolute Gasteiger partial charge is 0.464 e. The van der Waals surface area contributed by atoms with Gasteiger partial charge in [0.05, 0.1) is 7.11 Å². The highest BCUT2D eigenvalue weighted by Gasteiger charge is 2.36. The summed E-state index contributed by atoms with van der Waals surface area (Å²) in [6.45, 7) is 4.10. The number of carbonyl (C=O) groups excluding carboxylic acids is 3. The van der Waals surface area contributed by atoms with E-state index in [4.69, 9.17) is 4.74 Å². The Morgan fingerprint density at radius 1 is 0.926 bits per heavy atom. The van der Waals surface area contributed by atoms with Crippen molar-refractivity contribution in [2.75, 3.05) is 13.7 Å². The van der Waals surface area contributed by atoms with Crippen LogP contribution in [0.5, 0.6) is 0 Å². The van der Waals surface area contributed by atoms with Crippen LogP contribution in [0.2, 0.25) is 0 Å². The third-order valence-electron chi connectivity index (χ3n) is 4.54. The number of hydrogen-bond acceptors (Lipinski definition) is 4. The number of nitrogens with zero attached hydrogens (tertiary/aromatic N) is 1. The third kappa shape index (κ3) is 3.67. The molecule has 0 bridgehead atoms. The summed E-state index contributed by atoms with van der Waals surface area (Å²) in [4.78, 5) is 39.7. The molecule has 0 saturated heterocycles. The summed E-state index contributed by atoms with van der Waals surface area (Å²) in [5.74, 6) is -1.24. The maximum atomic E-state index is 13.1. The number of ether oxygens (including phenoxy) is 1. The molecular weight excluding hydrogens is 342 g/mol. The Kier molecular flexibility index (Phi) is 5.21. The van der Waals surface area contributed by atoms with E-state index in [0.717, 1.165) is 11.1 Å². The highest BCUT2D eigenvalue weighted by molar-refractivity contribution is 6.15. The van der Waals surface area contributed by atoms with Gasteiger partial charge in [-0.15, -0.1) is 0 Å². The number of carbonyl (C=O) groups is 3. The van der Waals surface area contributed by atoms with E-state index in [-0.39, 0.29) is 23.9 Å². The molecule has 0 aromatic heterocycles. The molecule has 1 aliphatic heterocycles. The molecule has 5 nitrogen and oxygen atoms in total. The van der Waals surface area contributed by atoms with Crippen molar-refractivity contribution in [2.24, 2.45) is 0 Å². The zero-order chi connectivity index (χ0) is 19.6. The molecule has 0 spiro atoms. The molecule has 3 rings (SSSR count). The van der Waals surface area contributed by atoms with E-state index in [2.05, 4.69) is 0 Å². The molecule has 2 aromatic rings. The highest BCUT2D eigenvalue weighted by Crippen LogP contribution is 2.29. The molecule has 27 heavy (non-hydrogen) atoms. The van der Waals surface area contributed by atoms with Crippen molar-refractivity contribution in [3.63, 3.8) is 0 Å². The third-order valence-corrected chi connectivity index (χ3v) is 4.54. The van der Waals surface area contributed by atoms with Crippen molar-refractivity contribution in [3.8, 4) is 0 Å². The first-order valence-corrected chi connectivity index (χ1v) is 8.73. The Balaban J connectivity index is 2.04. The maximum absolute atomic E-state index is 13.1. The average Bonchev–Trinajstić information content (AvgIpc) is 3.11. The molecule has 2 aromatic carbocycles. The van der Waals surface area contributed by atoms with Gasteiger partial charge in [0, 0.05) is 23.2 Å². The molecule has 0 N–H and O–H groups in total. The van der Waals surface area contributed by atoms with E-state index in [1.54, 1.807) is 36.4 Å². The molecule has 1 amide bonds. The second kappa shape index (κ2) is 7.58. The van der Waals surface area contributed by atoms with Crippen molar-refractivity contribution in [2.45, 2.75) is 20.3 Å². The molecule has 138 valence electrons. The highest BCUT2D eigenvalue weighted by atomic mass is 16.5. The van der Waals surface area contributed by atoms with Crippen molar-refractivity contribution >= 4 is 17.7 Å². The van der Waals surface area contributed by atoms with Gasteiger partial charge in [0.25, 0.3) is 5.91 Å². The Morgan fingerprint density at radius 3 is 2.15 bits per heavy atom. The Hall–Kier alpha value is -3.21. The van der Waals surface area contributed by atoms with E-state index < -0.39 is 5.97 Å². The van der Waals surface area contributed by atoms with Crippen LogP contribution in [0, 0.1) is 13.8 Å². The lowest BCUT2D eigenvalue weighted by Crippen LogP contribution is -2.32. The minimum atomic E-state index is -0.676. The quantitative estimate of drug-likeness (QED) is 0.616. The summed E-state index contributed by atoms with van der Waals surface area (Å²) in [6, 6.07) is 14.2. The van der Waals surface area contributed by atoms with Crippen LogP contribution in [0.4, 0.5) is 0 Å². The molecular formula is C22H21NO4. The van der Waals surface area contributed by atoms with Gasteiger partial charge in [-0.05, 0) is 44.5 Å². The zero-order valence-corrected chi connectivity index (χ0v) is 15.6. The van der Waals surface area contributed by atoms with Gasteiger partial charge < -0.3 is 9.64 Å². The molecule has 0 saturated carbocycles. The SMILES string of the molecule is COC(=O)C1=C(C(=O)c2cc(C)cc(C)c2)CCN1C(=O)c1ccccc1. The lowest BCUT2D eigenvalue weighted by molar-refractivity contribution is -0.137. The molecule has 0 atom stereocenters. The molecule has 5 heteroatoms. The van der Waals surface area contributed by atoms with Crippen LogP contribution in [-0.4, -0.2) is 36.2 Å². The van der Waals surface area contributed by atoms with E-state index in [1.807, 2.05) is 26.0 Å². The number of ketones is 1. The Morgan fingerprint density at radius 2 is 1.56 bits per heavy atom. The van der Waals surface area contributed by atoms with Crippen LogP contribution in [0.3, 0.4) is 0 Å². The molecule has 1 aliphatic rings. The Labute approximate surface area is 158 Å². The smallest absolute Gasteiger partial charge is 0.355 e. The van der Waals surface area contributed by atoms with Gasteiger partial charge in [0.15, 0.2) is 5.78 Å². The van der Waals surface area contributed by atoms with Gasteiger partial charge >= 0.3 is 5.97 Å². The van der Waals surface area contributed by atoms with Gasteiger partial charge in [-0.3, -0.25) is 9.59 Å². The fourth-order valence-corrected chi connectivity index (χ4v) is 3.39. The average molecular weight is 363 g/mol. The van der Waals surface area contributed by atoms with Crippen molar-refractivity contribution in [1.82, 2.24) is 4.90 Å². The van der Waals surface area contributed by atoms with Crippen LogP contribution in [0.25, 0.3) is 0 Å². The van der Waals surface area contributed by atoms with E-state index in [0.29, 0.717) is 23.1 Å². The summed E-state index contributed by atoms with van der Waals surface area (Å²) in [6.07, 6.45) is 0.314. The number of methoxy groups -OCH3 is 1. The summed E-state index contributed by atoms with van der Waals surface area (Å²) >= 11 is 0. The fourth-order valence-electron chi connectivity index (χ4n) is 3.39. The summed E-state index contributed by atoms with van der Waals surface area (Å²) in [5, 5.41) is 0. The predicted molar refractivity (Wildman–Crippen MR) is 101 cm³/mol. The predicted octanol–water partition coefficient (Wildman–Crippen LogP) is 3.46. The fraction of sp³-hybridized carbons (Fsp3) is 0.227. The van der Waals surface area contributed by atoms with E-state index in [1.165, 1.54) is 12.0 Å². The van der Waals surface area contributed by atoms with Crippen molar-refractivity contribution in [1.29, 1.82) is 0 Å². The van der Waals surface area contributed by atoms with Crippen LogP contribution >= 0.6 is 0 Å². The zero-order valence-electron chi connectivity index (χ0n) is 15.6. The minimum absolute atomic E-state index is 0.0375. The molecule has 1 heterocycles. The number of rotatable bonds is 4. The van der Waals surface area contributed by atoms with Gasteiger partial charge in [-0.25, -0.2) is 4.79 Å². The summed E-state index contributed by atoms with van der Waals surface area (Å²) in [7, 11) is 1.25. The van der Waals surface area contributed by atoms with E-state index in [9.17, 15) is 14.4 Å². The molecule has 0 radical (unpaired) electrons. The first-order chi connectivity index (χ1) is 12.9. The van der Waals surface area contributed by atoms with Gasteiger partial charge in [-0.2, -0.15) is 0 Å². The number of benzene rings is 2. The first-order valence-electron chi connectivity index (χ1n) is 8.73. The lowest BCUT2D eigenvalue weighted by Gasteiger charge is -2.19. The second-order valence-electron chi connectivity index (χ2n) is 6.60. The van der Waals surface area contributed by atoms with Gasteiger partial charge in [0.1, 0.15) is 5.70 Å². The van der Waals surface area contributed by atoms with Crippen LogP contribution in [0.1, 0.15) is 38.3 Å². The van der Waals surface area contributed by atoms with Gasteiger partial charge in [0.2, 0.25) is 0 Å². The summed E-state index contributed by atoms with van der Waals surface area (Å²) < 4.78 is 4.87. The van der Waals surface area contributed by atoms with Crippen LogP contribution < -0.4 is 0 Å². The monoisotopic (exact) mass is 363 g/mol. The van der Waals surface area contributed by atoms with Crippen molar-refractivity contribution in [3.05, 3.63) is 82.1 Å². The normalized spacial score (nSPS) is 13.7. The number of amides is 1. The topological polar surface area (TPSA) is 63.7 Å². The number of aryl methyl sites for hydroxylation is 2. The van der Waals surface area contributed by atoms with Gasteiger partial charge in [-0.1, -0.05) is 35.4 Å². The van der Waals surface area contributed by atoms with E-state index >= 15 is 0 Å². The summed E-state index contributed by atoms with van der Waals surface area (Å²) in [5.41, 5.74) is 3.26. The molecule has 0 aliphatic carbocycles. The van der Waals surface area contributed by atoms with Crippen LogP contribution in [0.15, 0.2) is 59.8 Å². The van der Waals surface area contributed by atoms with Crippen molar-refractivity contribution < 1.29 is 19.1 Å². The standard InChI is InChI=1S/C22H21NO4/c1-14-11-15(2)13-17(12-14)20(24)18-9-10-23(19(18)22(26)27-3)21(25)16-7-5-4-6-8-16/h4-8,11-13H,9-10H2,1-3H3. The molecule has 0 fully saturated rings. The minimum Gasteiger partial charge on any atom is -0.464 e. The Bertz CT molecular complexity index is 924.